The summed E-state index contributed by atoms with van der Waals surface area (Å²) in [6.07, 6.45) is 7.36. The van der Waals surface area contributed by atoms with Gasteiger partial charge in [-0.2, -0.15) is 0 Å². The highest BCUT2D eigenvalue weighted by atomic mass is 32.2. The van der Waals surface area contributed by atoms with Crippen LogP contribution in [0.15, 0.2) is 36.4 Å². The van der Waals surface area contributed by atoms with Gasteiger partial charge in [0.15, 0.2) is 0 Å². The third-order valence-corrected chi connectivity index (χ3v) is 12.8. The van der Waals surface area contributed by atoms with Crippen LogP contribution in [0.3, 0.4) is 0 Å². The Morgan fingerprint density at radius 2 is 1.79 bits per heavy atom. The molecule has 1 heterocycles. The average molecular weight is 672 g/mol. The van der Waals surface area contributed by atoms with Crippen molar-refractivity contribution in [3.8, 4) is 16.9 Å². The third-order valence-electron chi connectivity index (χ3n) is 11.1. The second-order valence-electron chi connectivity index (χ2n) is 15.0. The van der Waals surface area contributed by atoms with Gasteiger partial charge in [-0.15, -0.1) is 0 Å². The number of sulfonamides is 1. The molecule has 0 bridgehead atoms. The maximum atomic E-state index is 15.7. The smallest absolute Gasteiger partial charge is 0.259 e. The summed E-state index contributed by atoms with van der Waals surface area (Å²) in [6, 6.07) is 10.1. The van der Waals surface area contributed by atoms with Gasteiger partial charge in [-0.3, -0.25) is 14.3 Å². The second kappa shape index (κ2) is 12.4. The summed E-state index contributed by atoms with van der Waals surface area (Å²) in [5, 5.41) is 5.41. The maximum Gasteiger partial charge on any atom is 0.259 e. The number of benzene rings is 2. The molecule has 3 saturated carbocycles. The number of halogens is 2. The van der Waals surface area contributed by atoms with Gasteiger partial charge in [0, 0.05) is 36.5 Å². The molecule has 3 N–H and O–H groups in total. The van der Waals surface area contributed by atoms with E-state index < -0.39 is 38.2 Å². The predicted molar refractivity (Wildman–Crippen MR) is 177 cm³/mol. The Labute approximate surface area is 276 Å². The molecule has 47 heavy (non-hydrogen) atoms. The van der Waals surface area contributed by atoms with E-state index in [0.717, 1.165) is 38.5 Å². The van der Waals surface area contributed by atoms with Crippen LogP contribution in [0.4, 0.5) is 8.78 Å². The lowest BCUT2D eigenvalue weighted by Gasteiger charge is -2.38. The minimum absolute atomic E-state index is 0.0376. The van der Waals surface area contributed by atoms with Gasteiger partial charge in [-0.1, -0.05) is 24.6 Å². The van der Waals surface area contributed by atoms with E-state index in [0.29, 0.717) is 47.3 Å². The van der Waals surface area contributed by atoms with Crippen molar-refractivity contribution in [2.75, 3.05) is 6.54 Å². The van der Waals surface area contributed by atoms with Crippen molar-refractivity contribution in [2.45, 2.75) is 132 Å². The summed E-state index contributed by atoms with van der Waals surface area (Å²) in [6.45, 7) is 6.36. The van der Waals surface area contributed by atoms with Gasteiger partial charge >= 0.3 is 0 Å². The summed E-state index contributed by atoms with van der Waals surface area (Å²) in [4.78, 5) is 26.4. The number of alkyl halides is 1. The van der Waals surface area contributed by atoms with E-state index in [9.17, 15) is 18.0 Å². The molecular weight excluding hydrogens is 624 g/mol. The van der Waals surface area contributed by atoms with Crippen molar-refractivity contribution in [1.29, 1.82) is 0 Å². The number of carbonyl (C=O) groups is 2. The topological polar surface area (TPSA) is 114 Å². The number of nitrogens with one attached hydrogen (secondary N) is 3. The SMILES string of the molecule is CC(C)S(=O)(=O)NC(=O)C(C)(C)c1ccc(O[C@@H]2CC[C@@H](NC(=O)[C@]3(F)CNC4(CCC4)C3)C2)c(-c2cccc(F)c2C2CCC2)c1. The summed E-state index contributed by atoms with van der Waals surface area (Å²) in [5.41, 5.74) is -0.914. The largest absolute Gasteiger partial charge is 0.490 e. The van der Waals surface area contributed by atoms with E-state index in [1.54, 1.807) is 38.1 Å². The Balaban J connectivity index is 1.25. The minimum atomic E-state index is -3.85. The Hall–Kier alpha value is -3.05. The highest BCUT2D eigenvalue weighted by molar-refractivity contribution is 7.90. The van der Waals surface area contributed by atoms with Crippen molar-refractivity contribution in [3.05, 3.63) is 53.3 Å². The number of amides is 2. The molecule has 3 aliphatic carbocycles. The fourth-order valence-electron chi connectivity index (χ4n) is 7.40. The molecule has 0 radical (unpaired) electrons. The lowest BCUT2D eigenvalue weighted by molar-refractivity contribution is -0.133. The zero-order valence-corrected chi connectivity index (χ0v) is 28.6. The molecule has 2 amide bonds. The maximum absolute atomic E-state index is 15.7. The second-order valence-corrected chi connectivity index (χ2v) is 17.3. The molecule has 4 aliphatic rings. The van der Waals surface area contributed by atoms with Crippen molar-refractivity contribution in [3.63, 3.8) is 0 Å². The highest BCUT2D eigenvalue weighted by Gasteiger charge is 2.55. The number of ether oxygens (including phenoxy) is 1. The van der Waals surface area contributed by atoms with Crippen molar-refractivity contribution in [1.82, 2.24) is 15.4 Å². The Kier molecular flexibility index (Phi) is 8.96. The molecule has 256 valence electrons. The van der Waals surface area contributed by atoms with E-state index >= 15 is 8.78 Å². The molecule has 6 rings (SSSR count). The van der Waals surface area contributed by atoms with Crippen LogP contribution in [0.1, 0.15) is 109 Å². The molecule has 3 atom stereocenters. The van der Waals surface area contributed by atoms with Gasteiger partial charge in [0.25, 0.3) is 5.91 Å². The van der Waals surface area contributed by atoms with E-state index in [1.165, 1.54) is 19.9 Å². The number of hydrogen-bond acceptors (Lipinski definition) is 6. The summed E-state index contributed by atoms with van der Waals surface area (Å²) in [7, 11) is -3.85. The molecule has 0 aromatic heterocycles. The average Bonchev–Trinajstić information content (AvgIpc) is 3.57. The number of rotatable bonds is 10. The van der Waals surface area contributed by atoms with Crippen LogP contribution >= 0.6 is 0 Å². The first kappa shape index (κ1) is 33.8. The number of hydrogen-bond donors (Lipinski definition) is 3. The van der Waals surface area contributed by atoms with Crippen LogP contribution in [0, 0.1) is 5.82 Å². The van der Waals surface area contributed by atoms with Gasteiger partial charge < -0.3 is 15.4 Å². The lowest BCUT2D eigenvalue weighted by Crippen LogP contribution is -2.49. The van der Waals surface area contributed by atoms with Gasteiger partial charge in [0.05, 0.1) is 10.7 Å². The van der Waals surface area contributed by atoms with Gasteiger partial charge in [-0.25, -0.2) is 17.2 Å². The zero-order chi connectivity index (χ0) is 33.8. The van der Waals surface area contributed by atoms with E-state index in [-0.39, 0.29) is 42.4 Å². The fraction of sp³-hybridized carbons (Fsp3) is 0.611. The summed E-state index contributed by atoms with van der Waals surface area (Å²) >= 11 is 0. The monoisotopic (exact) mass is 671 g/mol. The quantitative estimate of drug-likeness (QED) is 0.289. The molecule has 1 aliphatic heterocycles. The molecule has 1 spiro atoms. The van der Waals surface area contributed by atoms with Gasteiger partial charge in [-0.05, 0) is 113 Å². The van der Waals surface area contributed by atoms with Crippen molar-refractivity contribution in [2.24, 2.45) is 0 Å². The molecule has 1 saturated heterocycles. The van der Waals surface area contributed by atoms with Crippen molar-refractivity contribution < 1.29 is 31.5 Å². The Morgan fingerprint density at radius 3 is 2.40 bits per heavy atom. The highest BCUT2D eigenvalue weighted by Crippen LogP contribution is 2.47. The van der Waals surface area contributed by atoms with Crippen LogP contribution in [0.2, 0.25) is 0 Å². The predicted octanol–water partition coefficient (Wildman–Crippen LogP) is 5.93. The van der Waals surface area contributed by atoms with Gasteiger partial charge in [0.2, 0.25) is 21.6 Å². The summed E-state index contributed by atoms with van der Waals surface area (Å²) < 4.78 is 64.9. The normalized spacial score (nSPS) is 25.8. The van der Waals surface area contributed by atoms with E-state index in [2.05, 4.69) is 15.4 Å². The van der Waals surface area contributed by atoms with Crippen LogP contribution in [-0.2, 0) is 25.0 Å². The number of carbonyl (C=O) groups excluding carboxylic acids is 2. The molecule has 2 aromatic carbocycles. The van der Waals surface area contributed by atoms with Gasteiger partial charge in [0.1, 0.15) is 17.7 Å². The molecule has 8 nitrogen and oxygen atoms in total. The molecule has 4 fully saturated rings. The first-order valence-electron chi connectivity index (χ1n) is 17.0. The first-order valence-corrected chi connectivity index (χ1v) is 18.6. The molecule has 0 unspecified atom stereocenters. The van der Waals surface area contributed by atoms with Crippen LogP contribution < -0.4 is 20.1 Å². The Morgan fingerprint density at radius 1 is 1.04 bits per heavy atom. The lowest BCUT2D eigenvalue weighted by atomic mass is 9.74. The minimum Gasteiger partial charge on any atom is -0.490 e. The third kappa shape index (κ3) is 6.54. The standard InChI is InChI=1S/C36H47F2N3O5S/c1-22(2)47(44,45)41-32(42)34(3,4)24-12-15-30(28(18-24)27-10-6-11-29(37)31(27)23-8-5-9-23)46-26-14-13-25(19-26)40-33(43)36(38)20-35(39-21-36)16-7-17-35/h6,10-12,15,18,22-23,25-26,39H,5,7-9,13-14,16-17,19-21H2,1-4H3,(H,40,43)(H,41,42)/t25-,26-,36-/m1/s1. The molecule has 2 aromatic rings. The van der Waals surface area contributed by atoms with E-state index in [4.69, 9.17) is 4.74 Å². The van der Waals surface area contributed by atoms with Crippen molar-refractivity contribution >= 4 is 21.8 Å². The first-order chi connectivity index (χ1) is 22.1. The molecular formula is C36H47F2N3O5S. The van der Waals surface area contributed by atoms with Crippen LogP contribution in [0.25, 0.3) is 11.1 Å². The molecule has 11 heteroatoms. The summed E-state index contributed by atoms with van der Waals surface area (Å²) in [5.74, 6) is -0.938. The fourth-order valence-corrected chi connectivity index (χ4v) is 8.15. The van der Waals surface area contributed by atoms with Crippen LogP contribution in [-0.4, -0.2) is 55.4 Å². The van der Waals surface area contributed by atoms with Crippen LogP contribution in [0.5, 0.6) is 5.75 Å². The zero-order valence-electron chi connectivity index (χ0n) is 27.8. The van der Waals surface area contributed by atoms with E-state index in [1.807, 2.05) is 6.07 Å². The Bertz CT molecular complexity index is 1650.